The van der Waals surface area contributed by atoms with Gasteiger partial charge in [0.15, 0.2) is 0 Å². The third kappa shape index (κ3) is 2.90. The second-order valence-electron chi connectivity index (χ2n) is 2.72. The molecular formula is C7H15NOS. The Balaban J connectivity index is 2.02. The standard InChI is InChI=1S/C7H15NOS/c9-4-1-2-7-3-5-10-8-6-7/h7-9H,1-6H2. The maximum atomic E-state index is 8.57. The van der Waals surface area contributed by atoms with Gasteiger partial charge in [0.25, 0.3) is 0 Å². The Morgan fingerprint density at radius 1 is 1.60 bits per heavy atom. The Kier molecular flexibility index (Phi) is 4.18. The number of nitrogens with one attached hydrogen (secondary N) is 1. The topological polar surface area (TPSA) is 32.3 Å². The van der Waals surface area contributed by atoms with Crippen molar-refractivity contribution < 1.29 is 5.11 Å². The minimum absolute atomic E-state index is 0.351. The highest BCUT2D eigenvalue weighted by atomic mass is 32.2. The van der Waals surface area contributed by atoms with Crippen LogP contribution < -0.4 is 4.72 Å². The molecule has 1 atom stereocenters. The summed E-state index contributed by atoms with van der Waals surface area (Å²) < 4.78 is 3.28. The van der Waals surface area contributed by atoms with Crippen LogP contribution in [0.5, 0.6) is 0 Å². The predicted octanol–water partition coefficient (Wildman–Crippen LogP) is 1.02. The van der Waals surface area contributed by atoms with Crippen LogP contribution in [0.1, 0.15) is 19.3 Å². The summed E-state index contributed by atoms with van der Waals surface area (Å²) in [6.07, 6.45) is 3.47. The monoisotopic (exact) mass is 161 g/mol. The minimum atomic E-state index is 0.351. The fourth-order valence-corrected chi connectivity index (χ4v) is 2.15. The van der Waals surface area contributed by atoms with Crippen LogP contribution in [0.15, 0.2) is 0 Å². The quantitative estimate of drug-likeness (QED) is 0.606. The maximum absolute atomic E-state index is 8.57. The van der Waals surface area contributed by atoms with Gasteiger partial charge in [-0.2, -0.15) is 0 Å². The lowest BCUT2D eigenvalue weighted by Gasteiger charge is -2.21. The van der Waals surface area contributed by atoms with Gasteiger partial charge in [0.2, 0.25) is 0 Å². The maximum Gasteiger partial charge on any atom is 0.0431 e. The fraction of sp³-hybridized carbons (Fsp3) is 1.00. The summed E-state index contributed by atoms with van der Waals surface area (Å²) in [5.74, 6) is 2.05. The largest absolute Gasteiger partial charge is 0.396 e. The predicted molar refractivity (Wildman–Crippen MR) is 44.9 cm³/mol. The van der Waals surface area contributed by atoms with Crippen molar-refractivity contribution in [3.63, 3.8) is 0 Å². The van der Waals surface area contributed by atoms with Crippen molar-refractivity contribution in [2.75, 3.05) is 18.9 Å². The summed E-state index contributed by atoms with van der Waals surface area (Å²) >= 11 is 1.82. The molecule has 1 heterocycles. The molecule has 0 aromatic heterocycles. The summed E-state index contributed by atoms with van der Waals surface area (Å²) in [6.45, 7) is 1.48. The molecule has 2 N–H and O–H groups in total. The lowest BCUT2D eigenvalue weighted by Crippen LogP contribution is -2.23. The van der Waals surface area contributed by atoms with Crippen LogP contribution in [0, 0.1) is 5.92 Å². The number of aliphatic hydroxyl groups is 1. The molecule has 1 aliphatic rings. The van der Waals surface area contributed by atoms with Crippen LogP contribution in [-0.2, 0) is 0 Å². The van der Waals surface area contributed by atoms with Crippen LogP contribution in [0.2, 0.25) is 0 Å². The molecule has 0 spiro atoms. The molecule has 0 aliphatic carbocycles. The number of hydrogen-bond donors (Lipinski definition) is 2. The van der Waals surface area contributed by atoms with Crippen molar-refractivity contribution in [2.24, 2.45) is 5.92 Å². The summed E-state index contributed by atoms with van der Waals surface area (Å²) in [5.41, 5.74) is 0. The number of aliphatic hydroxyl groups excluding tert-OH is 1. The van der Waals surface area contributed by atoms with Gasteiger partial charge >= 0.3 is 0 Å². The average molecular weight is 161 g/mol. The first kappa shape index (κ1) is 8.37. The molecule has 1 saturated heterocycles. The van der Waals surface area contributed by atoms with Gasteiger partial charge in [-0.25, -0.2) is 0 Å². The molecule has 0 bridgehead atoms. The van der Waals surface area contributed by atoms with Gasteiger partial charge in [-0.3, -0.25) is 4.72 Å². The van der Waals surface area contributed by atoms with E-state index in [4.69, 9.17) is 5.11 Å². The first-order valence-electron chi connectivity index (χ1n) is 3.89. The van der Waals surface area contributed by atoms with Crippen molar-refractivity contribution in [3.8, 4) is 0 Å². The minimum Gasteiger partial charge on any atom is -0.396 e. The third-order valence-electron chi connectivity index (χ3n) is 1.87. The number of hydrogen-bond acceptors (Lipinski definition) is 3. The molecule has 0 radical (unpaired) electrons. The van der Waals surface area contributed by atoms with Crippen LogP contribution >= 0.6 is 11.9 Å². The third-order valence-corrected chi connectivity index (χ3v) is 2.68. The molecule has 10 heavy (non-hydrogen) atoms. The van der Waals surface area contributed by atoms with E-state index in [2.05, 4.69) is 4.72 Å². The lowest BCUT2D eigenvalue weighted by atomic mass is 10.0. The molecule has 0 aromatic carbocycles. The van der Waals surface area contributed by atoms with E-state index in [1.165, 1.54) is 18.6 Å². The van der Waals surface area contributed by atoms with Gasteiger partial charge in [-0.1, -0.05) is 11.9 Å². The van der Waals surface area contributed by atoms with E-state index < -0.39 is 0 Å². The fourth-order valence-electron chi connectivity index (χ4n) is 1.20. The SMILES string of the molecule is OCCCC1CCSNC1. The van der Waals surface area contributed by atoms with E-state index in [9.17, 15) is 0 Å². The molecule has 0 saturated carbocycles. The van der Waals surface area contributed by atoms with Crippen LogP contribution in [0.3, 0.4) is 0 Å². The molecular weight excluding hydrogens is 146 g/mol. The molecule has 0 aromatic rings. The van der Waals surface area contributed by atoms with Crippen molar-refractivity contribution in [2.45, 2.75) is 19.3 Å². The van der Waals surface area contributed by atoms with Gasteiger partial charge < -0.3 is 5.11 Å². The molecule has 0 amide bonds. The zero-order valence-corrected chi connectivity index (χ0v) is 6.99. The molecule has 1 unspecified atom stereocenters. The summed E-state index contributed by atoms with van der Waals surface area (Å²) in [5, 5.41) is 8.57. The zero-order chi connectivity index (χ0) is 7.23. The van der Waals surface area contributed by atoms with E-state index in [1.54, 1.807) is 0 Å². The van der Waals surface area contributed by atoms with E-state index >= 15 is 0 Å². The Hall–Kier alpha value is 0.270. The Labute approximate surface area is 66.5 Å². The van der Waals surface area contributed by atoms with Crippen molar-refractivity contribution in [1.29, 1.82) is 0 Å². The highest BCUT2D eigenvalue weighted by Crippen LogP contribution is 2.18. The first-order chi connectivity index (χ1) is 4.93. The lowest BCUT2D eigenvalue weighted by molar-refractivity contribution is 0.269. The average Bonchev–Trinajstić information content (AvgIpc) is 2.03. The summed E-state index contributed by atoms with van der Waals surface area (Å²) in [6, 6.07) is 0. The van der Waals surface area contributed by atoms with E-state index in [1.807, 2.05) is 11.9 Å². The summed E-state index contributed by atoms with van der Waals surface area (Å²) in [4.78, 5) is 0. The Morgan fingerprint density at radius 3 is 3.10 bits per heavy atom. The highest BCUT2D eigenvalue weighted by molar-refractivity contribution is 7.97. The van der Waals surface area contributed by atoms with Crippen molar-refractivity contribution in [3.05, 3.63) is 0 Å². The van der Waals surface area contributed by atoms with Crippen LogP contribution in [0.4, 0.5) is 0 Å². The zero-order valence-electron chi connectivity index (χ0n) is 6.18. The normalized spacial score (nSPS) is 26.7. The molecule has 1 fully saturated rings. The molecule has 60 valence electrons. The highest BCUT2D eigenvalue weighted by Gasteiger charge is 2.11. The van der Waals surface area contributed by atoms with Gasteiger partial charge in [0.05, 0.1) is 0 Å². The second kappa shape index (κ2) is 4.99. The van der Waals surface area contributed by atoms with Gasteiger partial charge in [0, 0.05) is 18.9 Å². The smallest absolute Gasteiger partial charge is 0.0431 e. The van der Waals surface area contributed by atoms with Crippen molar-refractivity contribution in [1.82, 2.24) is 4.72 Å². The Morgan fingerprint density at radius 2 is 2.50 bits per heavy atom. The molecule has 3 heteroatoms. The van der Waals surface area contributed by atoms with Gasteiger partial charge in [0.1, 0.15) is 0 Å². The van der Waals surface area contributed by atoms with E-state index in [0.717, 1.165) is 18.9 Å². The molecule has 2 nitrogen and oxygen atoms in total. The molecule has 1 rings (SSSR count). The first-order valence-corrected chi connectivity index (χ1v) is 4.87. The van der Waals surface area contributed by atoms with Crippen LogP contribution in [0.25, 0.3) is 0 Å². The van der Waals surface area contributed by atoms with E-state index in [0.29, 0.717) is 6.61 Å². The summed E-state index contributed by atoms with van der Waals surface area (Å²) in [7, 11) is 0. The van der Waals surface area contributed by atoms with Gasteiger partial charge in [-0.05, 0) is 25.2 Å². The Bertz CT molecular complexity index is 83.7. The number of rotatable bonds is 3. The molecule has 1 aliphatic heterocycles. The van der Waals surface area contributed by atoms with Crippen LogP contribution in [-0.4, -0.2) is 24.0 Å². The second-order valence-corrected chi connectivity index (χ2v) is 3.70. The van der Waals surface area contributed by atoms with Crippen molar-refractivity contribution >= 4 is 11.9 Å². The van der Waals surface area contributed by atoms with E-state index in [-0.39, 0.29) is 0 Å². The van der Waals surface area contributed by atoms with Gasteiger partial charge in [-0.15, -0.1) is 0 Å².